The van der Waals surface area contributed by atoms with Crippen LogP contribution in [0.15, 0.2) is 59.5 Å². The number of ether oxygens (including phenoxy) is 1. The molecule has 6 nitrogen and oxygen atoms in total. The summed E-state index contributed by atoms with van der Waals surface area (Å²) in [6.07, 6.45) is 0.914. The zero-order valence-corrected chi connectivity index (χ0v) is 17.1. The number of nitrogens with zero attached hydrogens (tertiary/aromatic N) is 1. The number of benzene rings is 3. The molecule has 0 radical (unpaired) electrons. The summed E-state index contributed by atoms with van der Waals surface area (Å²) < 4.78 is 32.8. The number of sulfonamides is 1. The Labute approximate surface area is 170 Å². The summed E-state index contributed by atoms with van der Waals surface area (Å²) in [5.41, 5.74) is 2.01. The first-order valence-electron chi connectivity index (χ1n) is 9.49. The van der Waals surface area contributed by atoms with E-state index < -0.39 is 15.9 Å². The predicted octanol–water partition coefficient (Wildman–Crippen LogP) is 4.08. The highest BCUT2D eigenvalue weighted by atomic mass is 32.2. The van der Waals surface area contributed by atoms with Gasteiger partial charge in [0.2, 0.25) is 5.91 Å². The molecule has 0 saturated carbocycles. The molecule has 1 N–H and O–H groups in total. The third-order valence-corrected chi connectivity index (χ3v) is 6.72. The lowest BCUT2D eigenvalue weighted by Crippen LogP contribution is -2.35. The lowest BCUT2D eigenvalue weighted by Gasteiger charge is -2.19. The fourth-order valence-electron chi connectivity index (χ4n) is 3.53. The van der Waals surface area contributed by atoms with E-state index in [2.05, 4.69) is 5.32 Å². The topological polar surface area (TPSA) is 75.7 Å². The summed E-state index contributed by atoms with van der Waals surface area (Å²) in [6, 6.07) is 16.0. The highest BCUT2D eigenvalue weighted by Crippen LogP contribution is 2.41. The maximum absolute atomic E-state index is 13.0. The van der Waals surface area contributed by atoms with Gasteiger partial charge in [0.1, 0.15) is 12.3 Å². The van der Waals surface area contributed by atoms with Crippen LogP contribution in [-0.4, -0.2) is 27.5 Å². The lowest BCUT2D eigenvalue weighted by atomic mass is 10.1. The molecule has 0 unspecified atom stereocenters. The van der Waals surface area contributed by atoms with Gasteiger partial charge in [-0.2, -0.15) is 0 Å². The van der Waals surface area contributed by atoms with Crippen LogP contribution < -0.4 is 14.4 Å². The monoisotopic (exact) mass is 410 g/mol. The molecule has 4 rings (SSSR count). The molecule has 0 saturated heterocycles. The van der Waals surface area contributed by atoms with Crippen molar-refractivity contribution in [3.63, 3.8) is 0 Å². The molecule has 0 aliphatic carbocycles. The van der Waals surface area contributed by atoms with Gasteiger partial charge in [0, 0.05) is 11.1 Å². The van der Waals surface area contributed by atoms with E-state index in [9.17, 15) is 13.2 Å². The number of carbonyl (C=O) groups is 1. The minimum absolute atomic E-state index is 0.243. The summed E-state index contributed by atoms with van der Waals surface area (Å²) in [5.74, 6) is 0.343. The average molecular weight is 410 g/mol. The van der Waals surface area contributed by atoms with E-state index in [0.29, 0.717) is 23.4 Å². The number of amides is 1. The van der Waals surface area contributed by atoms with Gasteiger partial charge in [-0.1, -0.05) is 31.2 Å². The van der Waals surface area contributed by atoms with Crippen LogP contribution in [-0.2, 0) is 14.8 Å². The highest BCUT2D eigenvalue weighted by molar-refractivity contribution is 7.93. The van der Waals surface area contributed by atoms with Crippen LogP contribution in [0.4, 0.5) is 11.4 Å². The Hall–Kier alpha value is -3.06. The first-order valence-corrected chi connectivity index (χ1v) is 10.9. The average Bonchev–Trinajstić information content (AvgIpc) is 2.92. The van der Waals surface area contributed by atoms with Crippen molar-refractivity contribution < 1.29 is 17.9 Å². The van der Waals surface area contributed by atoms with E-state index in [4.69, 9.17) is 4.74 Å². The van der Waals surface area contributed by atoms with E-state index in [1.165, 1.54) is 4.31 Å². The van der Waals surface area contributed by atoms with Crippen molar-refractivity contribution >= 4 is 38.1 Å². The lowest BCUT2D eigenvalue weighted by molar-refractivity contribution is -0.114. The fraction of sp³-hybridized carbons (Fsp3) is 0.227. The molecule has 1 heterocycles. The van der Waals surface area contributed by atoms with Gasteiger partial charge in [-0.05, 0) is 54.6 Å². The molecule has 0 atom stereocenters. The van der Waals surface area contributed by atoms with Crippen molar-refractivity contribution in [2.24, 2.45) is 0 Å². The molecule has 0 bridgehead atoms. The number of anilines is 2. The van der Waals surface area contributed by atoms with Crippen molar-refractivity contribution in [1.29, 1.82) is 0 Å². The van der Waals surface area contributed by atoms with Crippen LogP contribution in [0.25, 0.3) is 10.8 Å². The standard InChI is InChI=1S/C22H22N2O4S/c1-3-12-28-17-10-11-18(15(2)13-17)23-21(25)14-24-19-8-4-6-16-7-5-9-20(22(16)19)29(24,26)27/h4-11,13H,3,12,14H2,1-2H3,(H,23,25). The maximum Gasteiger partial charge on any atom is 0.265 e. The smallest absolute Gasteiger partial charge is 0.265 e. The Morgan fingerprint density at radius 2 is 1.86 bits per heavy atom. The van der Waals surface area contributed by atoms with E-state index in [1.807, 2.05) is 32.0 Å². The zero-order chi connectivity index (χ0) is 20.6. The van der Waals surface area contributed by atoms with E-state index in [1.54, 1.807) is 36.4 Å². The Kier molecular flexibility index (Phi) is 4.92. The summed E-state index contributed by atoms with van der Waals surface area (Å²) in [7, 11) is -3.76. The second kappa shape index (κ2) is 7.40. The summed E-state index contributed by atoms with van der Waals surface area (Å²) in [6.45, 7) is 4.25. The third kappa shape index (κ3) is 3.42. The molecule has 1 aliphatic heterocycles. The molecule has 0 fully saturated rings. The Balaban J connectivity index is 1.56. The Morgan fingerprint density at radius 3 is 2.59 bits per heavy atom. The Morgan fingerprint density at radius 1 is 1.10 bits per heavy atom. The van der Waals surface area contributed by atoms with Crippen LogP contribution >= 0.6 is 0 Å². The first-order chi connectivity index (χ1) is 13.9. The van der Waals surface area contributed by atoms with Gasteiger partial charge in [0.15, 0.2) is 0 Å². The molecule has 7 heteroatoms. The van der Waals surface area contributed by atoms with Crippen LogP contribution in [0.5, 0.6) is 5.75 Å². The van der Waals surface area contributed by atoms with E-state index in [0.717, 1.165) is 23.1 Å². The Bertz CT molecular complexity index is 1200. The molecule has 29 heavy (non-hydrogen) atoms. The molecule has 0 aromatic heterocycles. The summed E-state index contributed by atoms with van der Waals surface area (Å²) >= 11 is 0. The van der Waals surface area contributed by atoms with Gasteiger partial charge in [-0.3, -0.25) is 9.10 Å². The van der Waals surface area contributed by atoms with Gasteiger partial charge in [-0.15, -0.1) is 0 Å². The van der Waals surface area contributed by atoms with E-state index >= 15 is 0 Å². The molecule has 1 aliphatic rings. The van der Waals surface area contributed by atoms with Crippen LogP contribution in [0.1, 0.15) is 18.9 Å². The molecule has 3 aromatic rings. The van der Waals surface area contributed by atoms with Crippen molar-refractivity contribution in [2.45, 2.75) is 25.2 Å². The molecular formula is C22H22N2O4S. The van der Waals surface area contributed by atoms with Crippen molar-refractivity contribution in [3.05, 3.63) is 60.2 Å². The first kappa shape index (κ1) is 19.3. The number of aryl methyl sites for hydroxylation is 1. The number of nitrogens with one attached hydrogen (secondary N) is 1. The van der Waals surface area contributed by atoms with Crippen LogP contribution in [0.2, 0.25) is 0 Å². The van der Waals surface area contributed by atoms with Crippen LogP contribution in [0.3, 0.4) is 0 Å². The fourth-order valence-corrected chi connectivity index (χ4v) is 5.20. The minimum atomic E-state index is -3.76. The molecular weight excluding hydrogens is 388 g/mol. The number of hydrogen-bond donors (Lipinski definition) is 1. The minimum Gasteiger partial charge on any atom is -0.494 e. The van der Waals surface area contributed by atoms with Crippen molar-refractivity contribution in [2.75, 3.05) is 22.8 Å². The van der Waals surface area contributed by atoms with Crippen LogP contribution in [0, 0.1) is 6.92 Å². The SMILES string of the molecule is CCCOc1ccc(NC(=O)CN2c3cccc4cccc(c34)S2(=O)=O)c(C)c1. The number of carbonyl (C=O) groups excluding carboxylic acids is 1. The largest absolute Gasteiger partial charge is 0.494 e. The van der Waals surface area contributed by atoms with Crippen molar-refractivity contribution in [3.8, 4) is 5.75 Å². The zero-order valence-electron chi connectivity index (χ0n) is 16.3. The second-order valence-electron chi connectivity index (χ2n) is 7.02. The van der Waals surface area contributed by atoms with Crippen molar-refractivity contribution in [1.82, 2.24) is 0 Å². The molecule has 0 spiro atoms. The summed E-state index contributed by atoms with van der Waals surface area (Å²) in [4.78, 5) is 12.9. The van der Waals surface area contributed by atoms with Gasteiger partial charge >= 0.3 is 0 Å². The van der Waals surface area contributed by atoms with Gasteiger partial charge in [0.05, 0.1) is 17.2 Å². The van der Waals surface area contributed by atoms with Gasteiger partial charge in [-0.25, -0.2) is 8.42 Å². The maximum atomic E-state index is 13.0. The molecule has 3 aromatic carbocycles. The second-order valence-corrected chi connectivity index (χ2v) is 8.85. The number of hydrogen-bond acceptors (Lipinski definition) is 4. The number of rotatable bonds is 6. The van der Waals surface area contributed by atoms with E-state index in [-0.39, 0.29) is 11.4 Å². The normalized spacial score (nSPS) is 14.2. The summed E-state index contributed by atoms with van der Waals surface area (Å²) in [5, 5.41) is 4.32. The molecule has 1 amide bonds. The quantitative estimate of drug-likeness (QED) is 0.664. The van der Waals surface area contributed by atoms with Gasteiger partial charge < -0.3 is 10.1 Å². The predicted molar refractivity (Wildman–Crippen MR) is 114 cm³/mol. The highest BCUT2D eigenvalue weighted by Gasteiger charge is 2.36. The third-order valence-electron chi connectivity index (χ3n) is 4.91. The van der Waals surface area contributed by atoms with Gasteiger partial charge in [0.25, 0.3) is 10.0 Å². The molecule has 150 valence electrons.